The van der Waals surface area contributed by atoms with Crippen LogP contribution in [0.3, 0.4) is 0 Å². The number of amides is 2. The van der Waals surface area contributed by atoms with E-state index in [4.69, 9.17) is 31.9 Å². The van der Waals surface area contributed by atoms with E-state index < -0.39 is 72.1 Å². The van der Waals surface area contributed by atoms with Gasteiger partial charge in [0.25, 0.3) is 11.8 Å². The highest BCUT2D eigenvalue weighted by Gasteiger charge is 2.26. The normalized spacial score (nSPS) is 12.7. The van der Waals surface area contributed by atoms with Gasteiger partial charge in [0.05, 0.1) is 6.61 Å². The Labute approximate surface area is 151 Å². The quantitative estimate of drug-likeness (QED) is 0.205. The van der Waals surface area contributed by atoms with Gasteiger partial charge in [-0.2, -0.15) is 0 Å². The fraction of sp³-hybridized carbons (Fsp3) is 0.385. The fourth-order valence-electron chi connectivity index (χ4n) is 1.82. The number of nitrogens with one attached hydrogen (secondary N) is 2. The van der Waals surface area contributed by atoms with Gasteiger partial charge in [-0.05, 0) is 0 Å². The number of carbonyl (C=O) groups excluding carboxylic acids is 2. The summed E-state index contributed by atoms with van der Waals surface area (Å²) in [6.45, 7) is -1.40. The summed E-state index contributed by atoms with van der Waals surface area (Å²) in [6.07, 6.45) is -0.276. The molecule has 148 valence electrons. The van der Waals surface area contributed by atoms with Gasteiger partial charge < -0.3 is 42.5 Å². The van der Waals surface area contributed by atoms with Crippen LogP contribution in [0.25, 0.3) is 0 Å². The maximum atomic E-state index is 12.1. The standard InChI is InChI=1S/C13H18N6O8/c14-8-6(10(22)16-4(1-2-20)12(24)25)18-9(15)7(19-8)11(23)17-5(3-21)13(26)27/h4-5,20-21H,1-3H2,(H2,14,19)(H2,15,18)(H,16,22)(H,17,23)(H,24,25)(H,26,27)/t4-,5-/m0/s1. The van der Waals surface area contributed by atoms with Gasteiger partial charge in [-0.3, -0.25) is 9.59 Å². The first kappa shape index (κ1) is 21.5. The molecule has 0 unspecified atom stereocenters. The zero-order chi connectivity index (χ0) is 20.7. The summed E-state index contributed by atoms with van der Waals surface area (Å²) in [6, 6.07) is -3.05. The number of rotatable bonds is 9. The number of nitrogen functional groups attached to an aromatic ring is 2. The maximum absolute atomic E-state index is 12.1. The van der Waals surface area contributed by atoms with Gasteiger partial charge in [0.1, 0.15) is 6.04 Å². The van der Waals surface area contributed by atoms with Crippen molar-refractivity contribution in [3.05, 3.63) is 11.4 Å². The van der Waals surface area contributed by atoms with E-state index in [0.29, 0.717) is 0 Å². The molecular weight excluding hydrogens is 368 g/mol. The van der Waals surface area contributed by atoms with Gasteiger partial charge in [0, 0.05) is 13.0 Å². The third-order valence-corrected chi connectivity index (χ3v) is 3.19. The first-order valence-corrected chi connectivity index (χ1v) is 7.34. The van der Waals surface area contributed by atoms with Crippen LogP contribution < -0.4 is 22.1 Å². The van der Waals surface area contributed by atoms with Gasteiger partial charge >= 0.3 is 11.9 Å². The number of carboxylic acid groups (broad SMARTS) is 2. The number of nitrogens with two attached hydrogens (primary N) is 2. The molecule has 0 aromatic carbocycles. The van der Waals surface area contributed by atoms with Crippen LogP contribution in [0, 0.1) is 0 Å². The second-order valence-corrected chi connectivity index (χ2v) is 5.11. The number of carbonyl (C=O) groups is 4. The zero-order valence-corrected chi connectivity index (χ0v) is 13.7. The van der Waals surface area contributed by atoms with Crippen molar-refractivity contribution in [2.45, 2.75) is 18.5 Å². The van der Waals surface area contributed by atoms with Gasteiger partial charge in [-0.25, -0.2) is 19.6 Å². The number of hydrogen-bond donors (Lipinski definition) is 8. The molecule has 1 heterocycles. The zero-order valence-electron chi connectivity index (χ0n) is 13.7. The number of anilines is 2. The highest BCUT2D eigenvalue weighted by Crippen LogP contribution is 2.14. The maximum Gasteiger partial charge on any atom is 0.328 e. The molecule has 0 bridgehead atoms. The lowest BCUT2D eigenvalue weighted by Gasteiger charge is -2.15. The lowest BCUT2D eigenvalue weighted by Crippen LogP contribution is -2.44. The Morgan fingerprint density at radius 2 is 1.26 bits per heavy atom. The van der Waals surface area contributed by atoms with Gasteiger partial charge in [0.2, 0.25) is 0 Å². The Bertz CT molecular complexity index is 755. The minimum Gasteiger partial charge on any atom is -0.480 e. The van der Waals surface area contributed by atoms with Gasteiger partial charge in [-0.15, -0.1) is 0 Å². The van der Waals surface area contributed by atoms with Crippen LogP contribution in [0.1, 0.15) is 27.4 Å². The van der Waals surface area contributed by atoms with Crippen LogP contribution in [-0.4, -0.2) is 79.4 Å². The molecule has 1 aromatic heterocycles. The summed E-state index contributed by atoms with van der Waals surface area (Å²) in [5, 5.41) is 39.4. The predicted octanol–water partition coefficient (Wildman–Crippen LogP) is -3.62. The first-order chi connectivity index (χ1) is 12.6. The average molecular weight is 386 g/mol. The molecule has 0 aliphatic rings. The summed E-state index contributed by atoms with van der Waals surface area (Å²) >= 11 is 0. The third kappa shape index (κ3) is 5.48. The number of nitrogens with zero attached hydrogens (tertiary/aromatic N) is 2. The van der Waals surface area contributed by atoms with Gasteiger partial charge in [0.15, 0.2) is 29.1 Å². The van der Waals surface area contributed by atoms with E-state index in [9.17, 15) is 19.2 Å². The van der Waals surface area contributed by atoms with E-state index in [-0.39, 0.29) is 6.42 Å². The summed E-state index contributed by atoms with van der Waals surface area (Å²) in [7, 11) is 0. The summed E-state index contributed by atoms with van der Waals surface area (Å²) in [5.41, 5.74) is 9.93. The smallest absolute Gasteiger partial charge is 0.328 e. The number of carboxylic acids is 2. The van der Waals surface area contributed by atoms with E-state index in [1.807, 2.05) is 5.32 Å². The Balaban J connectivity index is 3.06. The highest BCUT2D eigenvalue weighted by molar-refractivity contribution is 6.02. The van der Waals surface area contributed by atoms with Crippen LogP contribution >= 0.6 is 0 Å². The molecule has 0 radical (unpaired) electrons. The molecule has 14 heteroatoms. The summed E-state index contributed by atoms with van der Waals surface area (Å²) < 4.78 is 0. The molecule has 0 saturated carbocycles. The van der Waals surface area contributed by atoms with E-state index >= 15 is 0 Å². The van der Waals surface area contributed by atoms with Crippen molar-refractivity contribution in [3.8, 4) is 0 Å². The Hall–Kier alpha value is -3.52. The molecule has 1 aromatic rings. The van der Waals surface area contributed by atoms with Crippen LogP contribution in [0.2, 0.25) is 0 Å². The summed E-state index contributed by atoms with van der Waals surface area (Å²) in [4.78, 5) is 53.1. The van der Waals surface area contributed by atoms with Crippen molar-refractivity contribution in [2.75, 3.05) is 24.7 Å². The van der Waals surface area contributed by atoms with Crippen LogP contribution in [-0.2, 0) is 9.59 Å². The lowest BCUT2D eigenvalue weighted by molar-refractivity contribution is -0.140. The topological polar surface area (TPSA) is 251 Å². The van der Waals surface area contributed by atoms with Crippen LogP contribution in [0.5, 0.6) is 0 Å². The van der Waals surface area contributed by atoms with Crippen molar-refractivity contribution in [2.24, 2.45) is 0 Å². The van der Waals surface area contributed by atoms with Crippen molar-refractivity contribution in [1.82, 2.24) is 20.6 Å². The lowest BCUT2D eigenvalue weighted by atomic mass is 10.2. The Kier molecular flexibility index (Phi) is 7.38. The minimum atomic E-state index is -1.63. The van der Waals surface area contributed by atoms with Crippen molar-refractivity contribution < 1.29 is 39.6 Å². The van der Waals surface area contributed by atoms with Crippen LogP contribution in [0.15, 0.2) is 0 Å². The van der Waals surface area contributed by atoms with Crippen LogP contribution in [0.4, 0.5) is 11.6 Å². The molecule has 1 rings (SSSR count). The Morgan fingerprint density at radius 3 is 1.59 bits per heavy atom. The number of aliphatic hydroxyl groups excluding tert-OH is 2. The molecular formula is C13H18N6O8. The average Bonchev–Trinajstić information content (AvgIpc) is 2.59. The van der Waals surface area contributed by atoms with Crippen molar-refractivity contribution in [3.63, 3.8) is 0 Å². The number of aromatic nitrogens is 2. The van der Waals surface area contributed by atoms with Crippen molar-refractivity contribution in [1.29, 1.82) is 0 Å². The minimum absolute atomic E-state index is 0.276. The second-order valence-electron chi connectivity index (χ2n) is 5.11. The number of aliphatic carboxylic acids is 2. The molecule has 0 aliphatic heterocycles. The van der Waals surface area contributed by atoms with E-state index in [0.717, 1.165) is 0 Å². The first-order valence-electron chi connectivity index (χ1n) is 7.34. The molecule has 0 fully saturated rings. The van der Waals surface area contributed by atoms with E-state index in [1.165, 1.54) is 0 Å². The molecule has 0 saturated heterocycles. The third-order valence-electron chi connectivity index (χ3n) is 3.19. The summed E-state index contributed by atoms with van der Waals surface area (Å²) in [5.74, 6) is -6.23. The largest absolute Gasteiger partial charge is 0.480 e. The molecule has 14 nitrogen and oxygen atoms in total. The van der Waals surface area contributed by atoms with Gasteiger partial charge in [-0.1, -0.05) is 0 Å². The molecule has 0 aliphatic carbocycles. The predicted molar refractivity (Wildman–Crippen MR) is 87.4 cm³/mol. The SMILES string of the molecule is Nc1nc(C(=O)N[C@@H](CCO)C(=O)O)c(N)nc1C(=O)N[C@@H](CO)C(=O)O. The number of aliphatic hydroxyl groups is 2. The van der Waals surface area contributed by atoms with Crippen molar-refractivity contribution >= 4 is 35.4 Å². The number of hydrogen-bond acceptors (Lipinski definition) is 10. The molecule has 2 atom stereocenters. The molecule has 10 N–H and O–H groups in total. The second kappa shape index (κ2) is 9.25. The highest BCUT2D eigenvalue weighted by atomic mass is 16.4. The fourth-order valence-corrected chi connectivity index (χ4v) is 1.82. The monoisotopic (exact) mass is 386 g/mol. The Morgan fingerprint density at radius 1 is 0.852 bits per heavy atom. The van der Waals surface area contributed by atoms with E-state index in [2.05, 4.69) is 15.3 Å². The molecule has 0 spiro atoms. The van der Waals surface area contributed by atoms with E-state index in [1.54, 1.807) is 0 Å². The molecule has 2 amide bonds. The molecule has 27 heavy (non-hydrogen) atoms.